The van der Waals surface area contributed by atoms with Gasteiger partial charge in [0.2, 0.25) is 0 Å². The van der Waals surface area contributed by atoms with Crippen molar-refractivity contribution in [3.8, 4) is 22.6 Å². The van der Waals surface area contributed by atoms with Gasteiger partial charge in [-0.2, -0.15) is 0 Å². The summed E-state index contributed by atoms with van der Waals surface area (Å²) in [5.41, 5.74) is 6.35. The Hall–Kier alpha value is -3.80. The topological polar surface area (TPSA) is 80.7 Å². The van der Waals surface area contributed by atoms with E-state index in [4.69, 9.17) is 9.47 Å². The van der Waals surface area contributed by atoms with Crippen LogP contribution in [0.15, 0.2) is 54.4 Å². The highest BCUT2D eigenvalue weighted by molar-refractivity contribution is 5.93. The molecule has 0 aliphatic heterocycles. The van der Waals surface area contributed by atoms with Crippen molar-refractivity contribution in [3.63, 3.8) is 0 Å². The van der Waals surface area contributed by atoms with E-state index in [1.54, 1.807) is 39.6 Å². The van der Waals surface area contributed by atoms with Crippen LogP contribution < -0.4 is 14.8 Å². The molecule has 2 aromatic carbocycles. The number of ether oxygens (including phenoxy) is 2. The molecule has 3 aromatic rings. The highest BCUT2D eigenvalue weighted by Crippen LogP contribution is 2.44. The highest BCUT2D eigenvalue weighted by atomic mass is 16.5. The number of benzene rings is 2. The molecule has 1 heterocycles. The number of nitrogens with one attached hydrogen (secondary N) is 1. The van der Waals surface area contributed by atoms with Crippen molar-refractivity contribution < 1.29 is 19.4 Å². The molecule has 160 valence electrons. The fourth-order valence-corrected chi connectivity index (χ4v) is 3.61. The predicted octanol–water partition coefficient (Wildman–Crippen LogP) is 5.61. The van der Waals surface area contributed by atoms with Gasteiger partial charge in [0.1, 0.15) is 11.5 Å². The van der Waals surface area contributed by atoms with Gasteiger partial charge in [-0.15, -0.1) is 0 Å². The minimum Gasteiger partial charge on any atom is -0.496 e. The van der Waals surface area contributed by atoms with E-state index in [2.05, 4.69) is 10.3 Å². The zero-order valence-electron chi connectivity index (χ0n) is 18.3. The quantitative estimate of drug-likeness (QED) is 0.485. The maximum atomic E-state index is 11.4. The summed E-state index contributed by atoms with van der Waals surface area (Å²) in [6, 6.07) is 11.8. The molecule has 0 bridgehead atoms. The van der Waals surface area contributed by atoms with Crippen LogP contribution in [0.5, 0.6) is 11.5 Å². The molecule has 0 fully saturated rings. The monoisotopic (exact) mass is 418 g/mol. The lowest BCUT2D eigenvalue weighted by Gasteiger charge is -2.21. The second-order valence-electron chi connectivity index (χ2n) is 7.18. The number of aliphatic carboxylic acids is 1. The van der Waals surface area contributed by atoms with Crippen molar-refractivity contribution in [2.24, 2.45) is 0 Å². The summed E-state index contributed by atoms with van der Waals surface area (Å²) in [6.07, 6.45) is 5.12. The van der Waals surface area contributed by atoms with Crippen LogP contribution >= 0.6 is 0 Å². The molecular formula is C25H26N2O4. The van der Waals surface area contributed by atoms with Crippen molar-refractivity contribution in [1.29, 1.82) is 0 Å². The van der Waals surface area contributed by atoms with Crippen molar-refractivity contribution in [2.45, 2.75) is 20.8 Å². The van der Waals surface area contributed by atoms with Crippen LogP contribution in [-0.2, 0) is 4.79 Å². The Labute approximate surface area is 182 Å². The zero-order chi connectivity index (χ0) is 22.5. The zero-order valence-corrected chi connectivity index (χ0v) is 18.3. The Morgan fingerprint density at radius 3 is 2.23 bits per heavy atom. The Balaban J connectivity index is 2.10. The minimum absolute atomic E-state index is 0.224. The summed E-state index contributed by atoms with van der Waals surface area (Å²) in [6.45, 7) is 5.42. The van der Waals surface area contributed by atoms with E-state index in [1.165, 1.54) is 0 Å². The number of carbonyl (C=O) groups is 1. The molecule has 1 aromatic heterocycles. The molecule has 0 saturated carbocycles. The van der Waals surface area contributed by atoms with Crippen molar-refractivity contribution >= 4 is 23.4 Å². The lowest BCUT2D eigenvalue weighted by atomic mass is 9.91. The summed E-state index contributed by atoms with van der Waals surface area (Å²) in [5, 5.41) is 12.6. The Bertz CT molecular complexity index is 1120. The van der Waals surface area contributed by atoms with E-state index in [-0.39, 0.29) is 5.57 Å². The molecule has 0 unspecified atom stereocenters. The lowest BCUT2D eigenvalue weighted by molar-refractivity contribution is -0.132. The smallest absolute Gasteiger partial charge is 0.331 e. The molecule has 0 spiro atoms. The van der Waals surface area contributed by atoms with E-state index < -0.39 is 5.97 Å². The highest BCUT2D eigenvalue weighted by Gasteiger charge is 2.22. The molecule has 6 heteroatoms. The summed E-state index contributed by atoms with van der Waals surface area (Å²) in [5.74, 6) is 0.348. The van der Waals surface area contributed by atoms with Gasteiger partial charge in [0.05, 0.1) is 26.1 Å². The maximum Gasteiger partial charge on any atom is 0.331 e. The van der Waals surface area contributed by atoms with Crippen LogP contribution in [-0.4, -0.2) is 30.3 Å². The van der Waals surface area contributed by atoms with Crippen LogP contribution in [0.25, 0.3) is 17.2 Å². The number of methoxy groups -OCH3 is 2. The number of nitrogens with zero attached hydrogens (tertiary/aromatic N) is 1. The average Bonchev–Trinajstić information content (AvgIpc) is 2.77. The maximum absolute atomic E-state index is 11.4. The third-order valence-corrected chi connectivity index (χ3v) is 5.16. The van der Waals surface area contributed by atoms with Crippen molar-refractivity contribution in [3.05, 3.63) is 71.1 Å². The van der Waals surface area contributed by atoms with Gasteiger partial charge in [0.25, 0.3) is 0 Å². The summed E-state index contributed by atoms with van der Waals surface area (Å²) in [7, 11) is 3.21. The van der Waals surface area contributed by atoms with Gasteiger partial charge in [0, 0.05) is 39.7 Å². The molecule has 2 N–H and O–H groups in total. The van der Waals surface area contributed by atoms with Crippen LogP contribution in [0.1, 0.15) is 23.6 Å². The number of hydrogen-bond donors (Lipinski definition) is 2. The van der Waals surface area contributed by atoms with Crippen molar-refractivity contribution in [2.75, 3.05) is 19.5 Å². The molecule has 0 atom stereocenters. The molecule has 0 aliphatic rings. The molecule has 0 radical (unpaired) electrons. The second-order valence-corrected chi connectivity index (χ2v) is 7.18. The normalized spacial score (nSPS) is 11.2. The van der Waals surface area contributed by atoms with Gasteiger partial charge < -0.3 is 19.9 Å². The number of anilines is 2. The first kappa shape index (κ1) is 21.9. The van der Waals surface area contributed by atoms with Gasteiger partial charge in [0.15, 0.2) is 0 Å². The van der Waals surface area contributed by atoms with Crippen LogP contribution in [0, 0.1) is 13.8 Å². The third kappa shape index (κ3) is 4.53. The molecule has 31 heavy (non-hydrogen) atoms. The molecule has 0 amide bonds. The first-order valence-electron chi connectivity index (χ1n) is 9.81. The van der Waals surface area contributed by atoms with Gasteiger partial charge in [-0.05, 0) is 56.7 Å². The van der Waals surface area contributed by atoms with Crippen LogP contribution in [0.2, 0.25) is 0 Å². The Morgan fingerprint density at radius 1 is 1.00 bits per heavy atom. The standard InChI is InChI=1S/C25H26N2O4/c1-15(25(28)29)13-21-16(2)24(31-5)22(17(3)23(21)30-4)18-8-10-19(11-9-18)27-20-7-6-12-26-14-20/h6-14,27H,1-5H3,(H,28,29)/b15-13+. The average molecular weight is 418 g/mol. The molecule has 6 nitrogen and oxygen atoms in total. The third-order valence-electron chi connectivity index (χ3n) is 5.16. The number of aromatic nitrogens is 1. The largest absolute Gasteiger partial charge is 0.496 e. The van der Waals surface area contributed by atoms with Gasteiger partial charge in [-0.25, -0.2) is 4.79 Å². The summed E-state index contributed by atoms with van der Waals surface area (Å²) < 4.78 is 11.5. The second kappa shape index (κ2) is 9.34. The first-order chi connectivity index (χ1) is 14.9. The Kier molecular flexibility index (Phi) is 6.60. The van der Waals surface area contributed by atoms with E-state index in [9.17, 15) is 9.90 Å². The fourth-order valence-electron chi connectivity index (χ4n) is 3.61. The summed E-state index contributed by atoms with van der Waals surface area (Å²) in [4.78, 5) is 15.5. The van der Waals surface area contributed by atoms with Crippen molar-refractivity contribution in [1.82, 2.24) is 4.98 Å². The number of hydrogen-bond acceptors (Lipinski definition) is 5. The van der Waals surface area contributed by atoms with E-state index in [0.29, 0.717) is 17.1 Å². The fraction of sp³-hybridized carbons (Fsp3) is 0.200. The van der Waals surface area contributed by atoms with Gasteiger partial charge in [-0.3, -0.25) is 4.98 Å². The first-order valence-corrected chi connectivity index (χ1v) is 9.81. The number of carboxylic acids is 1. The van der Waals surface area contributed by atoms with E-state index >= 15 is 0 Å². The number of rotatable bonds is 7. The minimum atomic E-state index is -0.973. The molecule has 0 saturated heterocycles. The number of pyridine rings is 1. The van der Waals surface area contributed by atoms with Crippen LogP contribution in [0.3, 0.4) is 0 Å². The number of carboxylic acid groups (broad SMARTS) is 1. The molecule has 0 aliphatic carbocycles. The Morgan fingerprint density at radius 2 is 1.68 bits per heavy atom. The van der Waals surface area contributed by atoms with Gasteiger partial charge >= 0.3 is 5.97 Å². The van der Waals surface area contributed by atoms with E-state index in [1.807, 2.05) is 50.2 Å². The SMILES string of the molecule is COc1c(C)c(-c2ccc(Nc3cccnc3)cc2)c(OC)c(C)c1/C=C(\C)C(=O)O. The predicted molar refractivity (Wildman–Crippen MR) is 123 cm³/mol. The lowest BCUT2D eigenvalue weighted by Crippen LogP contribution is -2.03. The molecule has 3 rings (SSSR count). The van der Waals surface area contributed by atoms with Crippen LogP contribution in [0.4, 0.5) is 11.4 Å². The van der Waals surface area contributed by atoms with E-state index in [0.717, 1.165) is 33.6 Å². The molecular weight excluding hydrogens is 392 g/mol. The summed E-state index contributed by atoms with van der Waals surface area (Å²) >= 11 is 0. The van der Waals surface area contributed by atoms with Gasteiger partial charge in [-0.1, -0.05) is 12.1 Å².